The first kappa shape index (κ1) is 20.6. The lowest BCUT2D eigenvalue weighted by Crippen LogP contribution is -2.54. The smallest absolute Gasteiger partial charge is 0.374 e. The number of thiocarbonyl (C=S) groups is 1. The van der Waals surface area contributed by atoms with Crippen LogP contribution < -0.4 is 5.32 Å². The number of nitrogens with zero attached hydrogens (tertiary/aromatic N) is 2. The summed E-state index contributed by atoms with van der Waals surface area (Å²) >= 11 is 5.59. The Balaban J connectivity index is 1.32. The second-order valence-corrected chi connectivity index (χ2v) is 10.2. The van der Waals surface area contributed by atoms with Crippen molar-refractivity contribution in [2.24, 2.45) is 11.8 Å². The number of esters is 1. The first-order valence-corrected chi connectivity index (χ1v) is 12.1. The van der Waals surface area contributed by atoms with Gasteiger partial charge in [0.2, 0.25) is 10.9 Å². The van der Waals surface area contributed by atoms with Crippen molar-refractivity contribution in [3.63, 3.8) is 0 Å². The number of furan rings is 1. The average Bonchev–Trinajstić information content (AvgIpc) is 3.45. The van der Waals surface area contributed by atoms with E-state index in [0.29, 0.717) is 32.2 Å². The standard InChI is InChI=1S/C19H27N3O5S2/c1-2-26-18(23)16-5-6-17(27-16)29(24,25)22-9-7-21(8-10-22)19(28)20-15-12-13-3-4-14(15)11-13/h5-6,13-15H,2-4,7-12H2,1H3,(H,20,28). The Labute approximate surface area is 176 Å². The molecule has 2 heterocycles. The van der Waals surface area contributed by atoms with Gasteiger partial charge in [-0.1, -0.05) is 6.42 Å². The van der Waals surface area contributed by atoms with Crippen molar-refractivity contribution in [3.05, 3.63) is 17.9 Å². The predicted octanol–water partition coefficient (Wildman–Crippen LogP) is 1.83. The van der Waals surface area contributed by atoms with Crippen LogP contribution in [0.2, 0.25) is 0 Å². The van der Waals surface area contributed by atoms with Crippen molar-refractivity contribution in [2.75, 3.05) is 32.8 Å². The number of sulfonamides is 1. The van der Waals surface area contributed by atoms with E-state index >= 15 is 0 Å². The zero-order chi connectivity index (χ0) is 20.6. The Morgan fingerprint density at radius 3 is 2.62 bits per heavy atom. The van der Waals surface area contributed by atoms with Gasteiger partial charge in [-0.05, 0) is 62.4 Å². The van der Waals surface area contributed by atoms with E-state index in [1.54, 1.807) is 6.92 Å². The van der Waals surface area contributed by atoms with Crippen molar-refractivity contribution in [1.29, 1.82) is 0 Å². The van der Waals surface area contributed by atoms with Gasteiger partial charge in [0, 0.05) is 32.2 Å². The summed E-state index contributed by atoms with van der Waals surface area (Å²) in [4.78, 5) is 13.8. The van der Waals surface area contributed by atoms with Crippen molar-refractivity contribution in [1.82, 2.24) is 14.5 Å². The highest BCUT2D eigenvalue weighted by molar-refractivity contribution is 7.89. The first-order valence-electron chi connectivity index (χ1n) is 10.2. The quantitative estimate of drug-likeness (QED) is 0.547. The lowest BCUT2D eigenvalue weighted by atomic mass is 9.95. The van der Waals surface area contributed by atoms with Crippen molar-refractivity contribution in [3.8, 4) is 0 Å². The molecule has 1 aliphatic heterocycles. The predicted molar refractivity (Wildman–Crippen MR) is 110 cm³/mol. The fraction of sp³-hybridized carbons (Fsp3) is 0.684. The first-order chi connectivity index (χ1) is 13.9. The van der Waals surface area contributed by atoms with Gasteiger partial charge >= 0.3 is 5.97 Å². The van der Waals surface area contributed by atoms with Gasteiger partial charge in [-0.25, -0.2) is 13.2 Å². The lowest BCUT2D eigenvalue weighted by molar-refractivity contribution is 0.0483. The summed E-state index contributed by atoms with van der Waals surface area (Å²) in [6.07, 6.45) is 5.13. The number of carbonyl (C=O) groups is 1. The molecule has 3 fully saturated rings. The minimum atomic E-state index is -3.80. The molecule has 1 N–H and O–H groups in total. The molecule has 3 aliphatic rings. The van der Waals surface area contributed by atoms with Crippen LogP contribution in [0.1, 0.15) is 43.2 Å². The van der Waals surface area contributed by atoms with Crippen LogP contribution >= 0.6 is 12.2 Å². The van der Waals surface area contributed by atoms with Gasteiger partial charge in [0.1, 0.15) is 0 Å². The summed E-state index contributed by atoms with van der Waals surface area (Å²) in [7, 11) is -3.80. The van der Waals surface area contributed by atoms with Crippen molar-refractivity contribution < 1.29 is 22.4 Å². The van der Waals surface area contributed by atoms with Gasteiger partial charge in [-0.3, -0.25) is 0 Å². The maximum absolute atomic E-state index is 12.8. The number of nitrogens with one attached hydrogen (secondary N) is 1. The Bertz CT molecular complexity index is 876. The van der Waals surface area contributed by atoms with Gasteiger partial charge in [-0.15, -0.1) is 0 Å². The third kappa shape index (κ3) is 4.15. The Morgan fingerprint density at radius 1 is 1.24 bits per heavy atom. The molecule has 2 aliphatic carbocycles. The largest absolute Gasteiger partial charge is 0.460 e. The van der Waals surface area contributed by atoms with Crippen LogP contribution in [0, 0.1) is 11.8 Å². The molecule has 3 atom stereocenters. The van der Waals surface area contributed by atoms with Crippen LogP contribution in [0.3, 0.4) is 0 Å². The molecule has 10 heteroatoms. The van der Waals surface area contributed by atoms with E-state index in [-0.39, 0.29) is 17.5 Å². The molecule has 1 saturated heterocycles. The summed E-state index contributed by atoms with van der Waals surface area (Å²) in [6.45, 7) is 3.55. The van der Waals surface area contributed by atoms with Crippen LogP contribution in [-0.4, -0.2) is 67.5 Å². The molecule has 2 bridgehead atoms. The molecule has 0 aromatic carbocycles. The minimum Gasteiger partial charge on any atom is -0.460 e. The minimum absolute atomic E-state index is 0.111. The van der Waals surface area contributed by atoms with E-state index in [0.717, 1.165) is 16.9 Å². The molecule has 160 valence electrons. The van der Waals surface area contributed by atoms with Crippen molar-refractivity contribution >= 4 is 33.3 Å². The highest BCUT2D eigenvalue weighted by Gasteiger charge is 2.40. The SMILES string of the molecule is CCOC(=O)c1ccc(S(=O)(=O)N2CCN(C(=S)NC3CC4CCC3C4)CC2)o1. The third-order valence-corrected chi connectivity index (χ3v) is 8.37. The highest BCUT2D eigenvalue weighted by Crippen LogP contribution is 2.44. The fourth-order valence-electron chi connectivity index (χ4n) is 4.70. The van der Waals surface area contributed by atoms with Gasteiger partial charge in [0.25, 0.3) is 10.0 Å². The van der Waals surface area contributed by atoms with E-state index in [1.807, 2.05) is 4.90 Å². The monoisotopic (exact) mass is 441 g/mol. The van der Waals surface area contributed by atoms with E-state index in [4.69, 9.17) is 21.4 Å². The zero-order valence-electron chi connectivity index (χ0n) is 16.5. The van der Waals surface area contributed by atoms with Gasteiger partial charge in [0.15, 0.2) is 5.11 Å². The molecule has 0 amide bonds. The lowest BCUT2D eigenvalue weighted by Gasteiger charge is -2.36. The summed E-state index contributed by atoms with van der Waals surface area (Å²) in [5.74, 6) is 0.790. The van der Waals surface area contributed by atoms with Crippen LogP contribution in [0.15, 0.2) is 21.6 Å². The summed E-state index contributed by atoms with van der Waals surface area (Å²) in [5.41, 5.74) is 0. The number of piperazine rings is 1. The highest BCUT2D eigenvalue weighted by atomic mass is 32.2. The number of ether oxygens (including phenoxy) is 1. The molecule has 8 nitrogen and oxygen atoms in total. The summed E-state index contributed by atoms with van der Waals surface area (Å²) < 4.78 is 37.1. The summed E-state index contributed by atoms with van der Waals surface area (Å²) in [6, 6.07) is 3.09. The number of hydrogen-bond donors (Lipinski definition) is 1. The van der Waals surface area contributed by atoms with Gasteiger partial charge in [-0.2, -0.15) is 4.31 Å². The Hall–Kier alpha value is -1.65. The molecular weight excluding hydrogens is 414 g/mol. The molecule has 0 spiro atoms. The van der Waals surface area contributed by atoms with Gasteiger partial charge < -0.3 is 19.4 Å². The third-order valence-electron chi connectivity index (χ3n) is 6.22. The second-order valence-electron chi connectivity index (χ2n) is 7.96. The molecule has 0 radical (unpaired) electrons. The zero-order valence-corrected chi connectivity index (χ0v) is 18.1. The van der Waals surface area contributed by atoms with E-state index in [2.05, 4.69) is 5.32 Å². The van der Waals surface area contributed by atoms with Crippen LogP contribution in [0.5, 0.6) is 0 Å². The molecule has 29 heavy (non-hydrogen) atoms. The van der Waals surface area contributed by atoms with Crippen LogP contribution in [0.4, 0.5) is 0 Å². The maximum atomic E-state index is 12.8. The van der Waals surface area contributed by atoms with Crippen molar-refractivity contribution in [2.45, 2.75) is 43.7 Å². The summed E-state index contributed by atoms with van der Waals surface area (Å²) in [5, 5.41) is 4.00. The number of carbonyl (C=O) groups excluding carboxylic acids is 1. The maximum Gasteiger partial charge on any atom is 0.374 e. The van der Waals surface area contributed by atoms with Crippen LogP contribution in [-0.2, 0) is 14.8 Å². The van der Waals surface area contributed by atoms with Gasteiger partial charge in [0.05, 0.1) is 6.61 Å². The molecule has 1 aromatic rings. The topological polar surface area (TPSA) is 92.1 Å². The Kier molecular flexibility index (Phi) is 5.85. The van der Waals surface area contributed by atoms with E-state index in [9.17, 15) is 13.2 Å². The molecule has 3 unspecified atom stereocenters. The fourth-order valence-corrected chi connectivity index (χ4v) is 6.37. The van der Waals surface area contributed by atoms with Crippen LogP contribution in [0.25, 0.3) is 0 Å². The Morgan fingerprint density at radius 2 is 2.00 bits per heavy atom. The number of fused-ring (bicyclic) bond motifs is 2. The molecule has 4 rings (SSSR count). The average molecular weight is 442 g/mol. The molecule has 2 saturated carbocycles. The van der Waals surface area contributed by atoms with E-state index < -0.39 is 16.0 Å². The van der Waals surface area contributed by atoms with E-state index in [1.165, 1.54) is 42.1 Å². The second kappa shape index (κ2) is 8.23. The number of hydrogen-bond acceptors (Lipinski definition) is 6. The normalized spacial score (nSPS) is 27.2. The molecular formula is C19H27N3O5S2. The molecule has 1 aromatic heterocycles. The number of rotatable bonds is 5.